The van der Waals surface area contributed by atoms with Gasteiger partial charge in [0.2, 0.25) is 11.8 Å². The lowest BCUT2D eigenvalue weighted by Crippen LogP contribution is -2.34. The number of rotatable bonds is 5. The highest BCUT2D eigenvalue weighted by atomic mass is 32.1. The van der Waals surface area contributed by atoms with Gasteiger partial charge in [0.15, 0.2) is 10.9 Å². The van der Waals surface area contributed by atoms with E-state index in [4.69, 9.17) is 4.52 Å². The molecule has 3 heterocycles. The van der Waals surface area contributed by atoms with Crippen molar-refractivity contribution in [3.05, 3.63) is 53.7 Å². The maximum Gasteiger partial charge on any atom is 0.229 e. The van der Waals surface area contributed by atoms with Gasteiger partial charge in [-0.25, -0.2) is 4.98 Å². The molecule has 7 nitrogen and oxygen atoms in total. The highest BCUT2D eigenvalue weighted by molar-refractivity contribution is 7.13. The summed E-state index contributed by atoms with van der Waals surface area (Å²) >= 11 is 1.40. The number of carbonyl (C=O) groups excluding carboxylic acids is 2. The Balaban J connectivity index is 1.40. The molecule has 0 N–H and O–H groups in total. The van der Waals surface area contributed by atoms with E-state index in [1.54, 1.807) is 23.0 Å². The summed E-state index contributed by atoms with van der Waals surface area (Å²) in [5.74, 6) is 0.0801. The molecular formula is C19H18N4O3S. The number of carbonyl (C=O) groups is 2. The van der Waals surface area contributed by atoms with E-state index in [0.717, 1.165) is 11.3 Å². The molecule has 1 saturated heterocycles. The molecule has 1 atom stereocenters. The van der Waals surface area contributed by atoms with E-state index in [1.807, 2.05) is 41.8 Å². The first kappa shape index (κ1) is 17.4. The van der Waals surface area contributed by atoms with Gasteiger partial charge in [-0.05, 0) is 0 Å². The smallest absolute Gasteiger partial charge is 0.229 e. The van der Waals surface area contributed by atoms with Crippen LogP contribution in [0.25, 0.3) is 11.3 Å². The molecule has 0 saturated carbocycles. The standard InChI is InChI=1S/C19H18N4O3S/c1-22(12-15-10-16(21-26-15)13-5-3-2-4-6-13)18(25)14-9-17(24)23(11-14)19-20-7-8-27-19/h2-8,10,14H,9,11-12H2,1H3. The number of nitrogens with zero attached hydrogens (tertiary/aromatic N) is 4. The van der Waals surface area contributed by atoms with Crippen molar-refractivity contribution in [1.29, 1.82) is 0 Å². The minimum atomic E-state index is -0.372. The lowest BCUT2D eigenvalue weighted by molar-refractivity contribution is -0.135. The molecule has 1 fully saturated rings. The van der Waals surface area contributed by atoms with Crippen LogP contribution in [-0.4, -0.2) is 40.4 Å². The molecule has 1 unspecified atom stereocenters. The van der Waals surface area contributed by atoms with E-state index in [1.165, 1.54) is 11.3 Å². The Labute approximate surface area is 160 Å². The second kappa shape index (κ2) is 7.32. The number of hydrogen-bond acceptors (Lipinski definition) is 6. The summed E-state index contributed by atoms with van der Waals surface area (Å²) in [6, 6.07) is 11.5. The van der Waals surface area contributed by atoms with Gasteiger partial charge < -0.3 is 9.42 Å². The van der Waals surface area contributed by atoms with Gasteiger partial charge in [0.05, 0.1) is 12.5 Å². The third-order valence-corrected chi connectivity index (χ3v) is 5.32. The average molecular weight is 382 g/mol. The van der Waals surface area contributed by atoms with Crippen LogP contribution >= 0.6 is 11.3 Å². The molecule has 0 radical (unpaired) electrons. The van der Waals surface area contributed by atoms with Crippen LogP contribution < -0.4 is 4.90 Å². The monoisotopic (exact) mass is 382 g/mol. The number of benzene rings is 1. The van der Waals surface area contributed by atoms with Gasteiger partial charge in [-0.1, -0.05) is 35.5 Å². The maximum absolute atomic E-state index is 12.8. The number of aromatic nitrogens is 2. The maximum atomic E-state index is 12.8. The highest BCUT2D eigenvalue weighted by Gasteiger charge is 2.37. The Morgan fingerprint density at radius 3 is 2.93 bits per heavy atom. The summed E-state index contributed by atoms with van der Waals surface area (Å²) in [5.41, 5.74) is 1.69. The zero-order chi connectivity index (χ0) is 18.8. The Hall–Kier alpha value is -3.00. The van der Waals surface area contributed by atoms with Crippen molar-refractivity contribution in [3.8, 4) is 11.3 Å². The van der Waals surface area contributed by atoms with Crippen LogP contribution in [0.4, 0.5) is 5.13 Å². The average Bonchev–Trinajstić information content (AvgIpc) is 3.42. The molecule has 8 heteroatoms. The predicted molar refractivity (Wildman–Crippen MR) is 101 cm³/mol. The summed E-state index contributed by atoms with van der Waals surface area (Å²) in [7, 11) is 1.71. The molecule has 0 spiro atoms. The zero-order valence-electron chi connectivity index (χ0n) is 14.7. The molecule has 2 aromatic heterocycles. The normalized spacial score (nSPS) is 16.7. The lowest BCUT2D eigenvalue weighted by atomic mass is 10.1. The summed E-state index contributed by atoms with van der Waals surface area (Å²) in [5, 5.41) is 6.53. The Kier molecular flexibility index (Phi) is 4.72. The molecule has 0 bridgehead atoms. The molecule has 1 aliphatic heterocycles. The van der Waals surface area contributed by atoms with Crippen molar-refractivity contribution in [1.82, 2.24) is 15.0 Å². The van der Waals surface area contributed by atoms with Crippen molar-refractivity contribution in [2.24, 2.45) is 5.92 Å². The fourth-order valence-corrected chi connectivity index (χ4v) is 3.83. The summed E-state index contributed by atoms with van der Waals surface area (Å²) < 4.78 is 5.37. The zero-order valence-corrected chi connectivity index (χ0v) is 15.6. The fraction of sp³-hybridized carbons (Fsp3) is 0.263. The van der Waals surface area contributed by atoms with Gasteiger partial charge in [-0.15, -0.1) is 11.3 Å². The molecule has 138 valence electrons. The van der Waals surface area contributed by atoms with Crippen molar-refractivity contribution in [3.63, 3.8) is 0 Å². The Morgan fingerprint density at radius 1 is 1.37 bits per heavy atom. The third kappa shape index (κ3) is 3.61. The molecule has 1 aliphatic rings. The number of hydrogen-bond donors (Lipinski definition) is 0. The Morgan fingerprint density at radius 2 is 2.19 bits per heavy atom. The largest absolute Gasteiger partial charge is 0.359 e. The van der Waals surface area contributed by atoms with Crippen molar-refractivity contribution in [2.75, 3.05) is 18.5 Å². The van der Waals surface area contributed by atoms with E-state index in [-0.39, 0.29) is 24.2 Å². The molecule has 3 aromatic rings. The SMILES string of the molecule is CN(Cc1cc(-c2ccccc2)no1)C(=O)C1CC(=O)N(c2nccs2)C1. The van der Waals surface area contributed by atoms with Crippen LogP contribution in [-0.2, 0) is 16.1 Å². The van der Waals surface area contributed by atoms with Crippen LogP contribution in [0, 0.1) is 5.92 Å². The highest BCUT2D eigenvalue weighted by Crippen LogP contribution is 2.28. The van der Waals surface area contributed by atoms with E-state index in [9.17, 15) is 9.59 Å². The minimum absolute atomic E-state index is 0.0669. The quantitative estimate of drug-likeness (QED) is 0.678. The third-order valence-electron chi connectivity index (χ3n) is 4.52. The van der Waals surface area contributed by atoms with Gasteiger partial charge in [-0.3, -0.25) is 14.5 Å². The first-order valence-corrected chi connectivity index (χ1v) is 9.45. The minimum Gasteiger partial charge on any atom is -0.359 e. The molecule has 0 aliphatic carbocycles. The van der Waals surface area contributed by atoms with E-state index in [0.29, 0.717) is 24.0 Å². The van der Waals surface area contributed by atoms with Crippen molar-refractivity contribution >= 4 is 28.3 Å². The van der Waals surface area contributed by atoms with Crippen LogP contribution in [0.15, 0.2) is 52.5 Å². The number of thiazole rings is 1. The predicted octanol–water partition coefficient (Wildman–Crippen LogP) is 2.81. The van der Waals surface area contributed by atoms with E-state index in [2.05, 4.69) is 10.1 Å². The molecule has 27 heavy (non-hydrogen) atoms. The van der Waals surface area contributed by atoms with Crippen molar-refractivity contribution in [2.45, 2.75) is 13.0 Å². The number of amides is 2. The lowest BCUT2D eigenvalue weighted by Gasteiger charge is -2.19. The van der Waals surface area contributed by atoms with Crippen molar-refractivity contribution < 1.29 is 14.1 Å². The van der Waals surface area contributed by atoms with Crippen LogP contribution in [0.2, 0.25) is 0 Å². The first-order chi connectivity index (χ1) is 13.1. The molecular weight excluding hydrogens is 364 g/mol. The summed E-state index contributed by atoms with van der Waals surface area (Å²) in [6.45, 7) is 0.668. The van der Waals surface area contributed by atoms with Crippen LogP contribution in [0.1, 0.15) is 12.2 Å². The Bertz CT molecular complexity index is 939. The first-order valence-electron chi connectivity index (χ1n) is 8.57. The van der Waals surface area contributed by atoms with Gasteiger partial charge in [0.25, 0.3) is 0 Å². The second-order valence-electron chi connectivity index (χ2n) is 6.46. The van der Waals surface area contributed by atoms with Gasteiger partial charge >= 0.3 is 0 Å². The van der Waals surface area contributed by atoms with Crippen LogP contribution in [0.3, 0.4) is 0 Å². The summed E-state index contributed by atoms with van der Waals surface area (Å²) in [6.07, 6.45) is 1.86. The summed E-state index contributed by atoms with van der Waals surface area (Å²) in [4.78, 5) is 32.3. The van der Waals surface area contributed by atoms with Gasteiger partial charge in [-0.2, -0.15) is 0 Å². The van der Waals surface area contributed by atoms with E-state index >= 15 is 0 Å². The fourth-order valence-electron chi connectivity index (χ4n) is 3.16. The van der Waals surface area contributed by atoms with E-state index < -0.39 is 0 Å². The second-order valence-corrected chi connectivity index (χ2v) is 7.33. The molecule has 4 rings (SSSR count). The topological polar surface area (TPSA) is 79.5 Å². The van der Waals surface area contributed by atoms with Gasteiger partial charge in [0.1, 0.15) is 5.69 Å². The number of anilines is 1. The molecule has 1 aromatic carbocycles. The van der Waals surface area contributed by atoms with Gasteiger partial charge in [0, 0.05) is 43.2 Å². The molecule has 2 amide bonds. The van der Waals surface area contributed by atoms with Crippen LogP contribution in [0.5, 0.6) is 0 Å².